The normalized spacial score (nSPS) is 11.0. The first-order chi connectivity index (χ1) is 12.2. The SMILES string of the molecule is COc1ccc(Cl)c2sc(NC(=O)c3cccc4ccccc34)nc12. The van der Waals surface area contributed by atoms with E-state index in [0.29, 0.717) is 27.0 Å². The Labute approximate surface area is 153 Å². The minimum absolute atomic E-state index is 0.203. The van der Waals surface area contributed by atoms with E-state index in [-0.39, 0.29) is 5.91 Å². The quantitative estimate of drug-likeness (QED) is 0.529. The third-order valence-corrected chi connectivity index (χ3v) is 5.36. The van der Waals surface area contributed by atoms with Crippen molar-refractivity contribution in [2.45, 2.75) is 0 Å². The minimum atomic E-state index is -0.203. The number of carbonyl (C=O) groups excluding carboxylic acids is 1. The maximum atomic E-state index is 12.7. The first-order valence-electron chi connectivity index (χ1n) is 7.59. The number of nitrogens with zero attached hydrogens (tertiary/aromatic N) is 1. The number of thiazole rings is 1. The Hall–Kier alpha value is -2.63. The third kappa shape index (κ3) is 2.81. The lowest BCUT2D eigenvalue weighted by atomic mass is 10.0. The molecule has 4 aromatic rings. The molecule has 0 atom stereocenters. The van der Waals surface area contributed by atoms with Gasteiger partial charge in [0.05, 0.1) is 16.8 Å². The molecule has 0 saturated carbocycles. The number of amides is 1. The summed E-state index contributed by atoms with van der Waals surface area (Å²) in [6, 6.07) is 17.0. The summed E-state index contributed by atoms with van der Waals surface area (Å²) in [5.74, 6) is 0.423. The molecular formula is C19H13ClN2O2S. The van der Waals surface area contributed by atoms with E-state index in [2.05, 4.69) is 10.3 Å². The van der Waals surface area contributed by atoms with Crippen LogP contribution in [0.4, 0.5) is 5.13 Å². The molecular weight excluding hydrogens is 356 g/mol. The number of hydrogen-bond acceptors (Lipinski definition) is 4. The van der Waals surface area contributed by atoms with Crippen LogP contribution in [0.2, 0.25) is 5.02 Å². The highest BCUT2D eigenvalue weighted by atomic mass is 35.5. The lowest BCUT2D eigenvalue weighted by Gasteiger charge is -2.05. The molecule has 1 amide bonds. The average Bonchev–Trinajstić information content (AvgIpc) is 3.06. The summed E-state index contributed by atoms with van der Waals surface area (Å²) in [6.45, 7) is 0. The van der Waals surface area contributed by atoms with Gasteiger partial charge in [-0.2, -0.15) is 0 Å². The molecule has 1 heterocycles. The molecule has 1 N–H and O–H groups in total. The van der Waals surface area contributed by atoms with Crippen molar-refractivity contribution in [3.05, 3.63) is 65.2 Å². The smallest absolute Gasteiger partial charge is 0.258 e. The number of hydrogen-bond donors (Lipinski definition) is 1. The Morgan fingerprint density at radius 3 is 2.76 bits per heavy atom. The fourth-order valence-electron chi connectivity index (χ4n) is 2.76. The van der Waals surface area contributed by atoms with Gasteiger partial charge in [-0.05, 0) is 29.0 Å². The Morgan fingerprint density at radius 1 is 1.12 bits per heavy atom. The van der Waals surface area contributed by atoms with Crippen LogP contribution in [-0.4, -0.2) is 18.0 Å². The zero-order valence-electron chi connectivity index (χ0n) is 13.2. The Bertz CT molecular complexity index is 1100. The lowest BCUT2D eigenvalue weighted by Crippen LogP contribution is -2.12. The first kappa shape index (κ1) is 15.9. The van der Waals surface area contributed by atoms with E-state index >= 15 is 0 Å². The highest BCUT2D eigenvalue weighted by Gasteiger charge is 2.16. The summed E-state index contributed by atoms with van der Waals surface area (Å²) in [4.78, 5) is 17.2. The van der Waals surface area contributed by atoms with Crippen molar-refractivity contribution in [2.24, 2.45) is 0 Å². The van der Waals surface area contributed by atoms with Gasteiger partial charge in [0, 0.05) is 5.56 Å². The van der Waals surface area contributed by atoms with E-state index in [4.69, 9.17) is 16.3 Å². The second-order valence-electron chi connectivity index (χ2n) is 5.43. The van der Waals surface area contributed by atoms with Crippen molar-refractivity contribution in [2.75, 3.05) is 12.4 Å². The molecule has 0 unspecified atom stereocenters. The zero-order valence-corrected chi connectivity index (χ0v) is 14.8. The molecule has 3 aromatic carbocycles. The van der Waals surface area contributed by atoms with E-state index in [1.54, 1.807) is 25.3 Å². The van der Waals surface area contributed by atoms with Crippen molar-refractivity contribution in [1.82, 2.24) is 4.98 Å². The summed E-state index contributed by atoms with van der Waals surface area (Å²) in [5, 5.41) is 5.86. The van der Waals surface area contributed by atoms with Crippen molar-refractivity contribution >= 4 is 55.0 Å². The second-order valence-corrected chi connectivity index (χ2v) is 6.83. The zero-order chi connectivity index (χ0) is 17.4. The van der Waals surface area contributed by atoms with Crippen molar-refractivity contribution in [3.63, 3.8) is 0 Å². The van der Waals surface area contributed by atoms with Crippen LogP contribution in [0, 0.1) is 0 Å². The number of fused-ring (bicyclic) bond motifs is 2. The standard InChI is InChI=1S/C19H13ClN2O2S/c1-24-15-10-9-14(20)17-16(15)21-19(25-17)22-18(23)13-8-4-6-11-5-2-3-7-12(11)13/h2-10H,1H3,(H,21,22,23). The molecule has 0 aliphatic heterocycles. The van der Waals surface area contributed by atoms with Gasteiger partial charge in [0.25, 0.3) is 5.91 Å². The lowest BCUT2D eigenvalue weighted by molar-refractivity contribution is 0.102. The fraction of sp³-hybridized carbons (Fsp3) is 0.0526. The maximum Gasteiger partial charge on any atom is 0.258 e. The van der Waals surface area contributed by atoms with Crippen LogP contribution >= 0.6 is 22.9 Å². The van der Waals surface area contributed by atoms with Crippen LogP contribution in [0.3, 0.4) is 0 Å². The van der Waals surface area contributed by atoms with Crippen molar-refractivity contribution in [3.8, 4) is 5.75 Å². The molecule has 0 fully saturated rings. The van der Waals surface area contributed by atoms with Gasteiger partial charge in [0.2, 0.25) is 0 Å². The van der Waals surface area contributed by atoms with E-state index < -0.39 is 0 Å². The molecule has 0 spiro atoms. The highest BCUT2D eigenvalue weighted by molar-refractivity contribution is 7.23. The summed E-state index contributed by atoms with van der Waals surface area (Å²) >= 11 is 7.56. The van der Waals surface area contributed by atoms with Gasteiger partial charge in [-0.1, -0.05) is 59.3 Å². The van der Waals surface area contributed by atoms with Crippen molar-refractivity contribution in [1.29, 1.82) is 0 Å². The van der Waals surface area contributed by atoms with Gasteiger partial charge in [-0.15, -0.1) is 0 Å². The minimum Gasteiger partial charge on any atom is -0.494 e. The fourth-order valence-corrected chi connectivity index (χ4v) is 3.91. The number of anilines is 1. The Balaban J connectivity index is 1.73. The monoisotopic (exact) mass is 368 g/mol. The van der Waals surface area contributed by atoms with E-state index in [9.17, 15) is 4.79 Å². The van der Waals surface area contributed by atoms with E-state index in [1.165, 1.54) is 11.3 Å². The van der Waals surface area contributed by atoms with Crippen LogP contribution in [0.25, 0.3) is 21.0 Å². The summed E-state index contributed by atoms with van der Waals surface area (Å²) in [5.41, 5.74) is 1.25. The topological polar surface area (TPSA) is 51.2 Å². The molecule has 0 saturated heterocycles. The number of rotatable bonds is 3. The van der Waals surface area contributed by atoms with Gasteiger partial charge < -0.3 is 4.74 Å². The first-order valence-corrected chi connectivity index (χ1v) is 8.79. The Morgan fingerprint density at radius 2 is 1.92 bits per heavy atom. The molecule has 1 aromatic heterocycles. The average molecular weight is 369 g/mol. The van der Waals surface area contributed by atoms with Gasteiger partial charge >= 0.3 is 0 Å². The van der Waals surface area contributed by atoms with Crippen LogP contribution in [0.5, 0.6) is 5.75 Å². The number of methoxy groups -OCH3 is 1. The highest BCUT2D eigenvalue weighted by Crippen LogP contribution is 2.37. The van der Waals surface area contributed by atoms with Gasteiger partial charge in [-0.3, -0.25) is 10.1 Å². The number of carbonyl (C=O) groups is 1. The molecule has 0 bridgehead atoms. The molecule has 0 aliphatic carbocycles. The Kier molecular flexibility index (Phi) is 4.03. The summed E-state index contributed by atoms with van der Waals surface area (Å²) in [6.07, 6.45) is 0. The molecule has 4 rings (SSSR count). The molecule has 6 heteroatoms. The van der Waals surface area contributed by atoms with Crippen molar-refractivity contribution < 1.29 is 9.53 Å². The summed E-state index contributed by atoms with van der Waals surface area (Å²) < 4.78 is 6.10. The number of ether oxygens (including phenoxy) is 1. The largest absolute Gasteiger partial charge is 0.494 e. The molecule has 124 valence electrons. The molecule has 4 nitrogen and oxygen atoms in total. The molecule has 0 aliphatic rings. The van der Waals surface area contributed by atoms with Crippen LogP contribution in [0.1, 0.15) is 10.4 Å². The number of halogens is 1. The number of aromatic nitrogens is 1. The van der Waals surface area contributed by atoms with Crippen LogP contribution < -0.4 is 10.1 Å². The van der Waals surface area contributed by atoms with E-state index in [0.717, 1.165) is 15.5 Å². The molecule has 0 radical (unpaired) electrons. The summed E-state index contributed by atoms with van der Waals surface area (Å²) in [7, 11) is 1.58. The maximum absolute atomic E-state index is 12.7. The number of benzene rings is 3. The van der Waals surface area contributed by atoms with Crippen LogP contribution in [-0.2, 0) is 0 Å². The van der Waals surface area contributed by atoms with E-state index in [1.807, 2.05) is 36.4 Å². The predicted octanol–water partition coefficient (Wildman–Crippen LogP) is 5.36. The van der Waals surface area contributed by atoms with Gasteiger partial charge in [-0.25, -0.2) is 4.98 Å². The predicted molar refractivity (Wildman–Crippen MR) is 103 cm³/mol. The second kappa shape index (κ2) is 6.35. The van der Waals surface area contributed by atoms with Gasteiger partial charge in [0.1, 0.15) is 11.3 Å². The molecule has 25 heavy (non-hydrogen) atoms. The third-order valence-electron chi connectivity index (χ3n) is 3.93. The van der Waals surface area contributed by atoms with Gasteiger partial charge in [0.15, 0.2) is 5.13 Å². The number of nitrogens with one attached hydrogen (secondary N) is 1. The van der Waals surface area contributed by atoms with Crippen LogP contribution in [0.15, 0.2) is 54.6 Å².